The van der Waals surface area contributed by atoms with E-state index < -0.39 is 10.0 Å². The normalized spacial score (nSPS) is 14.0. The molecule has 35 heavy (non-hydrogen) atoms. The Morgan fingerprint density at radius 2 is 1.54 bits per heavy atom. The van der Waals surface area contributed by atoms with Crippen molar-refractivity contribution in [3.63, 3.8) is 0 Å². The van der Waals surface area contributed by atoms with Gasteiger partial charge in [0.25, 0.3) is 10.0 Å². The highest BCUT2D eigenvalue weighted by Crippen LogP contribution is 2.28. The maximum absolute atomic E-state index is 13.0. The number of aromatic nitrogens is 2. The first-order valence-electron chi connectivity index (χ1n) is 12.0. The van der Waals surface area contributed by atoms with Gasteiger partial charge in [0.15, 0.2) is 0 Å². The van der Waals surface area contributed by atoms with Crippen LogP contribution in [0.5, 0.6) is 5.75 Å². The second kappa shape index (κ2) is 10.5. The molecule has 0 bridgehead atoms. The highest BCUT2D eigenvalue weighted by Gasteiger charge is 2.18. The lowest BCUT2D eigenvalue weighted by molar-refractivity contribution is 0.335. The molecule has 1 saturated heterocycles. The van der Waals surface area contributed by atoms with E-state index in [1.165, 1.54) is 19.3 Å². The van der Waals surface area contributed by atoms with E-state index in [2.05, 4.69) is 19.9 Å². The number of benzene rings is 2. The molecule has 1 fully saturated rings. The summed E-state index contributed by atoms with van der Waals surface area (Å²) in [5.74, 6) is 2.19. The largest absolute Gasteiger partial charge is 0.493 e. The van der Waals surface area contributed by atoms with Gasteiger partial charge < -0.3 is 15.0 Å². The summed E-state index contributed by atoms with van der Waals surface area (Å²) in [6, 6.07) is 12.3. The summed E-state index contributed by atoms with van der Waals surface area (Å²) >= 11 is 0. The van der Waals surface area contributed by atoms with Crippen LogP contribution in [-0.4, -0.2) is 38.1 Å². The second-order valence-corrected chi connectivity index (χ2v) is 10.5. The molecule has 0 unspecified atom stereocenters. The summed E-state index contributed by atoms with van der Waals surface area (Å²) < 4.78 is 34.3. The standard InChI is InChI=1S/C26H33N5O3S/c1-5-34-25-18(2)15-23(16-19(25)3)35(32,33)30-22-11-9-21(10-12-22)28-26-27-20(4)17-24(29-26)31-13-7-6-8-14-31/h9-12,15-17,30H,5-8,13-14H2,1-4H3,(H,27,28,29). The zero-order valence-electron chi connectivity index (χ0n) is 20.8. The Bertz CT molecular complexity index is 1260. The molecule has 2 heterocycles. The lowest BCUT2D eigenvalue weighted by Crippen LogP contribution is -2.30. The topological polar surface area (TPSA) is 96.5 Å². The predicted octanol–water partition coefficient (Wildman–Crippen LogP) is 5.34. The molecule has 1 aliphatic rings. The molecule has 3 aromatic rings. The lowest BCUT2D eigenvalue weighted by Gasteiger charge is -2.28. The van der Waals surface area contributed by atoms with Crippen LogP contribution < -0.4 is 19.7 Å². The molecule has 0 radical (unpaired) electrons. The fourth-order valence-electron chi connectivity index (χ4n) is 4.30. The van der Waals surface area contributed by atoms with Crippen molar-refractivity contribution in [2.24, 2.45) is 0 Å². The first-order valence-corrected chi connectivity index (χ1v) is 13.5. The van der Waals surface area contributed by atoms with E-state index in [4.69, 9.17) is 9.72 Å². The lowest BCUT2D eigenvalue weighted by atomic mass is 10.1. The van der Waals surface area contributed by atoms with Crippen LogP contribution in [0, 0.1) is 20.8 Å². The van der Waals surface area contributed by atoms with Crippen molar-refractivity contribution >= 4 is 33.2 Å². The van der Waals surface area contributed by atoms with Crippen molar-refractivity contribution < 1.29 is 13.2 Å². The summed E-state index contributed by atoms with van der Waals surface area (Å²) in [6.07, 6.45) is 3.62. The molecule has 186 valence electrons. The Hall–Kier alpha value is -3.33. The minimum Gasteiger partial charge on any atom is -0.493 e. The van der Waals surface area contributed by atoms with E-state index in [-0.39, 0.29) is 4.90 Å². The molecule has 1 aromatic heterocycles. The van der Waals surface area contributed by atoms with Crippen LogP contribution in [0.3, 0.4) is 0 Å². The number of nitrogens with zero attached hydrogens (tertiary/aromatic N) is 3. The predicted molar refractivity (Wildman–Crippen MR) is 140 cm³/mol. The molecule has 0 amide bonds. The molecule has 9 heteroatoms. The van der Waals surface area contributed by atoms with Crippen molar-refractivity contribution in [2.75, 3.05) is 34.6 Å². The van der Waals surface area contributed by atoms with E-state index in [1.807, 2.05) is 33.8 Å². The summed E-state index contributed by atoms with van der Waals surface area (Å²) in [6.45, 7) is 10.1. The molecule has 0 aliphatic carbocycles. The quantitative estimate of drug-likeness (QED) is 0.436. The van der Waals surface area contributed by atoms with Gasteiger partial charge in [-0.25, -0.2) is 13.4 Å². The van der Waals surface area contributed by atoms with Gasteiger partial charge in [-0.3, -0.25) is 4.72 Å². The van der Waals surface area contributed by atoms with Gasteiger partial charge >= 0.3 is 0 Å². The molecule has 2 N–H and O–H groups in total. The molecular weight excluding hydrogens is 462 g/mol. The Balaban J connectivity index is 1.47. The number of rotatable bonds is 8. The molecule has 8 nitrogen and oxygen atoms in total. The van der Waals surface area contributed by atoms with Gasteiger partial charge in [-0.15, -0.1) is 0 Å². The Morgan fingerprint density at radius 1 is 0.914 bits per heavy atom. The summed E-state index contributed by atoms with van der Waals surface area (Å²) in [5, 5.41) is 3.24. The van der Waals surface area contributed by atoms with Crippen LogP contribution in [0.15, 0.2) is 47.4 Å². The number of aryl methyl sites for hydroxylation is 3. The molecule has 1 aliphatic heterocycles. The van der Waals surface area contributed by atoms with E-state index in [1.54, 1.807) is 36.4 Å². The fraction of sp³-hybridized carbons (Fsp3) is 0.385. The van der Waals surface area contributed by atoms with Crippen molar-refractivity contribution in [3.8, 4) is 5.75 Å². The van der Waals surface area contributed by atoms with Crippen LogP contribution in [-0.2, 0) is 10.0 Å². The van der Waals surface area contributed by atoms with Crippen LogP contribution in [0.4, 0.5) is 23.1 Å². The van der Waals surface area contributed by atoms with E-state index in [0.717, 1.165) is 47.2 Å². The number of sulfonamides is 1. The van der Waals surface area contributed by atoms with Gasteiger partial charge in [0.1, 0.15) is 11.6 Å². The smallest absolute Gasteiger partial charge is 0.261 e. The third kappa shape index (κ3) is 6.03. The van der Waals surface area contributed by atoms with E-state index in [9.17, 15) is 8.42 Å². The van der Waals surface area contributed by atoms with Crippen LogP contribution in [0.1, 0.15) is 43.0 Å². The number of piperidine rings is 1. The first-order chi connectivity index (χ1) is 16.7. The average Bonchev–Trinajstić information content (AvgIpc) is 2.82. The summed E-state index contributed by atoms with van der Waals surface area (Å²) in [4.78, 5) is 11.7. The van der Waals surface area contributed by atoms with E-state index >= 15 is 0 Å². The van der Waals surface area contributed by atoms with Crippen molar-refractivity contribution in [1.29, 1.82) is 0 Å². The monoisotopic (exact) mass is 495 g/mol. The van der Waals surface area contributed by atoms with Gasteiger partial charge in [0.2, 0.25) is 5.95 Å². The summed E-state index contributed by atoms with van der Waals surface area (Å²) in [7, 11) is -3.74. The Kier molecular flexibility index (Phi) is 7.45. The van der Waals surface area contributed by atoms with Gasteiger partial charge in [-0.1, -0.05) is 0 Å². The van der Waals surface area contributed by atoms with Crippen LogP contribution >= 0.6 is 0 Å². The number of nitrogens with one attached hydrogen (secondary N) is 2. The molecule has 0 spiro atoms. The maximum atomic E-state index is 13.0. The van der Waals surface area contributed by atoms with Gasteiger partial charge in [-0.05, 0) is 94.5 Å². The highest BCUT2D eigenvalue weighted by atomic mass is 32.2. The average molecular weight is 496 g/mol. The minimum atomic E-state index is -3.74. The van der Waals surface area contributed by atoms with Crippen molar-refractivity contribution in [3.05, 3.63) is 59.3 Å². The number of hydrogen-bond donors (Lipinski definition) is 2. The highest BCUT2D eigenvalue weighted by molar-refractivity contribution is 7.92. The van der Waals surface area contributed by atoms with Crippen molar-refractivity contribution in [1.82, 2.24) is 9.97 Å². The molecule has 0 saturated carbocycles. The van der Waals surface area contributed by atoms with Crippen molar-refractivity contribution in [2.45, 2.75) is 51.9 Å². The first kappa shape index (κ1) is 24.8. The number of hydrogen-bond acceptors (Lipinski definition) is 7. The zero-order chi connectivity index (χ0) is 25.0. The zero-order valence-corrected chi connectivity index (χ0v) is 21.6. The minimum absolute atomic E-state index is 0.205. The van der Waals surface area contributed by atoms with Crippen LogP contribution in [0.25, 0.3) is 0 Å². The third-order valence-corrected chi connectivity index (χ3v) is 7.31. The number of anilines is 4. The fourth-order valence-corrected chi connectivity index (χ4v) is 5.52. The molecular formula is C26H33N5O3S. The van der Waals surface area contributed by atoms with Crippen LogP contribution in [0.2, 0.25) is 0 Å². The molecule has 2 aromatic carbocycles. The summed E-state index contributed by atoms with van der Waals surface area (Å²) in [5.41, 5.74) is 3.71. The van der Waals surface area contributed by atoms with Gasteiger partial charge in [0.05, 0.1) is 11.5 Å². The SMILES string of the molecule is CCOc1c(C)cc(S(=O)(=O)Nc2ccc(Nc3nc(C)cc(N4CCCCC4)n3)cc2)cc1C. The second-order valence-electron chi connectivity index (χ2n) is 8.87. The molecule has 4 rings (SSSR count). The third-order valence-electron chi connectivity index (χ3n) is 5.95. The molecule has 0 atom stereocenters. The van der Waals surface area contributed by atoms with E-state index in [0.29, 0.717) is 18.2 Å². The van der Waals surface area contributed by atoms with Gasteiger partial charge in [0, 0.05) is 36.2 Å². The van der Waals surface area contributed by atoms with Gasteiger partial charge in [-0.2, -0.15) is 4.98 Å². The Morgan fingerprint density at radius 3 is 2.17 bits per heavy atom. The number of ether oxygens (including phenoxy) is 1. The Labute approximate surface area is 207 Å². The maximum Gasteiger partial charge on any atom is 0.261 e.